The summed E-state index contributed by atoms with van der Waals surface area (Å²) >= 11 is 0. The van der Waals surface area contributed by atoms with E-state index in [0.29, 0.717) is 5.75 Å². The summed E-state index contributed by atoms with van der Waals surface area (Å²) in [5, 5.41) is 8.95. The molecule has 1 unspecified atom stereocenters. The van der Waals surface area contributed by atoms with E-state index in [9.17, 15) is 4.79 Å². The van der Waals surface area contributed by atoms with E-state index in [0.717, 1.165) is 17.4 Å². The number of carbonyl (C=O) groups excluding carboxylic acids is 1. The van der Waals surface area contributed by atoms with Gasteiger partial charge in [-0.05, 0) is 17.7 Å². The van der Waals surface area contributed by atoms with Gasteiger partial charge in [0.2, 0.25) is 0 Å². The van der Waals surface area contributed by atoms with E-state index < -0.39 is 0 Å². The Bertz CT molecular complexity index is 320. The fourth-order valence-corrected chi connectivity index (χ4v) is 1.31. The van der Waals surface area contributed by atoms with Gasteiger partial charge in [-0.15, -0.1) is 0 Å². The maximum absolute atomic E-state index is 10.7. The van der Waals surface area contributed by atoms with Crippen molar-refractivity contribution in [3.8, 4) is 5.75 Å². The molecular weight excluding hydrogens is 180 g/mol. The normalized spacial score (nSPS) is 12.2. The lowest BCUT2D eigenvalue weighted by Gasteiger charge is -2.11. The minimum absolute atomic E-state index is 0.0252. The molecule has 3 nitrogen and oxygen atoms in total. The van der Waals surface area contributed by atoms with Gasteiger partial charge in [0, 0.05) is 11.5 Å². The Morgan fingerprint density at radius 3 is 2.79 bits per heavy atom. The quantitative estimate of drug-likeness (QED) is 0.739. The van der Waals surface area contributed by atoms with Gasteiger partial charge in [-0.25, -0.2) is 0 Å². The van der Waals surface area contributed by atoms with Crippen LogP contribution in [-0.4, -0.2) is 18.5 Å². The highest BCUT2D eigenvalue weighted by Crippen LogP contribution is 2.26. The molecule has 3 heteroatoms. The Morgan fingerprint density at radius 1 is 1.57 bits per heavy atom. The van der Waals surface area contributed by atoms with Gasteiger partial charge in [0.15, 0.2) is 0 Å². The highest BCUT2D eigenvalue weighted by atomic mass is 16.5. The van der Waals surface area contributed by atoms with Crippen molar-refractivity contribution < 1.29 is 14.6 Å². The second-order valence-corrected chi connectivity index (χ2v) is 3.16. The van der Waals surface area contributed by atoms with Crippen LogP contribution in [0.3, 0.4) is 0 Å². The molecule has 1 rings (SSSR count). The number of rotatable bonds is 4. The number of aliphatic hydroxyl groups is 1. The molecule has 0 heterocycles. The van der Waals surface area contributed by atoms with Gasteiger partial charge < -0.3 is 14.6 Å². The lowest BCUT2D eigenvalue weighted by atomic mass is 9.99. The van der Waals surface area contributed by atoms with Crippen LogP contribution in [0.15, 0.2) is 18.2 Å². The van der Waals surface area contributed by atoms with Crippen molar-refractivity contribution in [1.29, 1.82) is 0 Å². The summed E-state index contributed by atoms with van der Waals surface area (Å²) in [5.74, 6) is 0.471. The number of methoxy groups -OCH3 is 1. The molecule has 0 bridgehead atoms. The molecule has 1 N–H and O–H groups in total. The van der Waals surface area contributed by atoms with E-state index in [-0.39, 0.29) is 12.5 Å². The highest BCUT2D eigenvalue weighted by Gasteiger charge is 2.10. The van der Waals surface area contributed by atoms with Gasteiger partial charge in [-0.1, -0.05) is 13.0 Å². The van der Waals surface area contributed by atoms with Gasteiger partial charge >= 0.3 is 0 Å². The SMILES string of the molecule is COc1ccc(CO)cc1C(C)C=O. The maximum Gasteiger partial charge on any atom is 0.127 e. The highest BCUT2D eigenvalue weighted by molar-refractivity contribution is 5.64. The topological polar surface area (TPSA) is 46.5 Å². The van der Waals surface area contributed by atoms with Crippen LogP contribution in [0.1, 0.15) is 24.0 Å². The number of ether oxygens (including phenoxy) is 1. The molecule has 0 spiro atoms. The summed E-state index contributed by atoms with van der Waals surface area (Å²) in [6.07, 6.45) is 0.860. The summed E-state index contributed by atoms with van der Waals surface area (Å²) in [5.41, 5.74) is 1.60. The Morgan fingerprint density at radius 2 is 2.29 bits per heavy atom. The number of hydrogen-bond acceptors (Lipinski definition) is 3. The van der Waals surface area contributed by atoms with Crippen LogP contribution in [0.2, 0.25) is 0 Å². The number of hydrogen-bond donors (Lipinski definition) is 1. The van der Waals surface area contributed by atoms with E-state index in [4.69, 9.17) is 9.84 Å². The Labute approximate surface area is 83.3 Å². The van der Waals surface area contributed by atoms with Crippen molar-refractivity contribution in [2.75, 3.05) is 7.11 Å². The molecule has 0 aromatic heterocycles. The maximum atomic E-state index is 10.7. The second kappa shape index (κ2) is 4.77. The van der Waals surface area contributed by atoms with E-state index in [2.05, 4.69) is 0 Å². The first-order valence-corrected chi connectivity index (χ1v) is 4.46. The van der Waals surface area contributed by atoms with Gasteiger partial charge in [-0.2, -0.15) is 0 Å². The molecule has 1 atom stereocenters. The lowest BCUT2D eigenvalue weighted by molar-refractivity contribution is -0.108. The molecule has 0 fully saturated rings. The molecule has 0 aliphatic heterocycles. The van der Waals surface area contributed by atoms with Crippen molar-refractivity contribution in [3.63, 3.8) is 0 Å². The predicted molar refractivity (Wildman–Crippen MR) is 53.4 cm³/mol. The molecule has 0 radical (unpaired) electrons. The largest absolute Gasteiger partial charge is 0.496 e. The van der Waals surface area contributed by atoms with Gasteiger partial charge in [-0.3, -0.25) is 0 Å². The Hall–Kier alpha value is -1.35. The Kier molecular flexibility index (Phi) is 3.65. The van der Waals surface area contributed by atoms with Crippen LogP contribution in [-0.2, 0) is 11.4 Å². The molecule has 14 heavy (non-hydrogen) atoms. The third-order valence-corrected chi connectivity index (χ3v) is 2.17. The number of carbonyl (C=O) groups is 1. The van der Waals surface area contributed by atoms with Crippen molar-refractivity contribution in [2.45, 2.75) is 19.4 Å². The average Bonchev–Trinajstić information content (AvgIpc) is 2.27. The van der Waals surface area contributed by atoms with Crippen LogP contribution in [0.25, 0.3) is 0 Å². The number of aliphatic hydroxyl groups excluding tert-OH is 1. The average molecular weight is 194 g/mol. The van der Waals surface area contributed by atoms with Crippen LogP contribution in [0.5, 0.6) is 5.75 Å². The molecule has 76 valence electrons. The zero-order chi connectivity index (χ0) is 10.6. The van der Waals surface area contributed by atoms with E-state index in [1.165, 1.54) is 0 Å². The minimum Gasteiger partial charge on any atom is -0.496 e. The molecule has 0 saturated carbocycles. The minimum atomic E-state index is -0.212. The van der Waals surface area contributed by atoms with E-state index in [1.807, 2.05) is 0 Å². The summed E-state index contributed by atoms with van der Waals surface area (Å²) in [6, 6.07) is 5.33. The van der Waals surface area contributed by atoms with E-state index in [1.54, 1.807) is 32.2 Å². The van der Waals surface area contributed by atoms with Crippen molar-refractivity contribution in [1.82, 2.24) is 0 Å². The molecular formula is C11H14O3. The standard InChI is InChI=1S/C11H14O3/c1-8(6-12)10-5-9(7-13)3-4-11(10)14-2/h3-6,8,13H,7H2,1-2H3. The molecule has 1 aromatic carbocycles. The van der Waals surface area contributed by atoms with Crippen LogP contribution in [0, 0.1) is 0 Å². The lowest BCUT2D eigenvalue weighted by Crippen LogP contribution is -2.00. The van der Waals surface area contributed by atoms with Crippen LogP contribution >= 0.6 is 0 Å². The fraction of sp³-hybridized carbons (Fsp3) is 0.364. The smallest absolute Gasteiger partial charge is 0.127 e. The van der Waals surface area contributed by atoms with Gasteiger partial charge in [0.05, 0.1) is 13.7 Å². The summed E-state index contributed by atoms with van der Waals surface area (Å²) in [4.78, 5) is 10.7. The molecule has 0 amide bonds. The monoisotopic (exact) mass is 194 g/mol. The van der Waals surface area contributed by atoms with Crippen LogP contribution in [0.4, 0.5) is 0 Å². The molecule has 1 aromatic rings. The number of aldehydes is 1. The first-order chi connectivity index (χ1) is 6.72. The van der Waals surface area contributed by atoms with Gasteiger partial charge in [0.25, 0.3) is 0 Å². The molecule has 0 aliphatic carbocycles. The summed E-state index contributed by atoms with van der Waals surface area (Å²) in [6.45, 7) is 1.77. The first kappa shape index (κ1) is 10.7. The third-order valence-electron chi connectivity index (χ3n) is 2.17. The third kappa shape index (κ3) is 2.12. The zero-order valence-electron chi connectivity index (χ0n) is 8.36. The predicted octanol–water partition coefficient (Wildman–Crippen LogP) is 1.49. The van der Waals surface area contributed by atoms with Gasteiger partial charge in [0.1, 0.15) is 12.0 Å². The Balaban J connectivity index is 3.14. The summed E-state index contributed by atoms with van der Waals surface area (Å²) in [7, 11) is 1.56. The second-order valence-electron chi connectivity index (χ2n) is 3.16. The molecule has 0 aliphatic rings. The van der Waals surface area contributed by atoms with E-state index >= 15 is 0 Å². The van der Waals surface area contributed by atoms with Crippen molar-refractivity contribution >= 4 is 6.29 Å². The number of benzene rings is 1. The summed E-state index contributed by atoms with van der Waals surface area (Å²) < 4.78 is 5.13. The van der Waals surface area contributed by atoms with Crippen LogP contribution < -0.4 is 4.74 Å². The van der Waals surface area contributed by atoms with Crippen molar-refractivity contribution in [3.05, 3.63) is 29.3 Å². The zero-order valence-corrected chi connectivity index (χ0v) is 8.36. The molecule has 0 saturated heterocycles. The van der Waals surface area contributed by atoms with Crippen molar-refractivity contribution in [2.24, 2.45) is 0 Å². The first-order valence-electron chi connectivity index (χ1n) is 4.46. The fourth-order valence-electron chi connectivity index (χ4n) is 1.31.